The molecule has 0 atom stereocenters. The van der Waals surface area contributed by atoms with Gasteiger partial charge in [0.25, 0.3) is 0 Å². The first-order valence-corrected chi connectivity index (χ1v) is 10.3. The molecule has 2 aromatic rings. The van der Waals surface area contributed by atoms with E-state index in [0.29, 0.717) is 19.0 Å². The van der Waals surface area contributed by atoms with Crippen LogP contribution in [0.15, 0.2) is 33.8 Å². The minimum Gasteiger partial charge on any atom is -0.497 e. The van der Waals surface area contributed by atoms with Gasteiger partial charge in [-0.05, 0) is 49.9 Å². The summed E-state index contributed by atoms with van der Waals surface area (Å²) >= 11 is 0. The zero-order valence-corrected chi connectivity index (χ0v) is 21.0. The molecule has 0 fully saturated rings. The van der Waals surface area contributed by atoms with E-state index >= 15 is 0 Å². The summed E-state index contributed by atoms with van der Waals surface area (Å²) in [6.45, 7) is 8.33. The smallest absolute Gasteiger partial charge is 0.191 e. The molecule has 0 bridgehead atoms. The number of ether oxygens (including phenoxy) is 2. The van der Waals surface area contributed by atoms with Gasteiger partial charge in [0.15, 0.2) is 11.7 Å². The second-order valence-electron chi connectivity index (χ2n) is 6.78. The third kappa shape index (κ3) is 7.70. The largest absolute Gasteiger partial charge is 0.497 e. The number of rotatable bonds is 11. The lowest BCUT2D eigenvalue weighted by Crippen LogP contribution is -2.38. The van der Waals surface area contributed by atoms with Crippen LogP contribution in [0.3, 0.4) is 0 Å². The fourth-order valence-electron chi connectivity index (χ4n) is 3.19. The summed E-state index contributed by atoms with van der Waals surface area (Å²) in [5.41, 5.74) is 2.10. The third-order valence-electron chi connectivity index (χ3n) is 4.89. The number of nitrogens with zero attached hydrogens (tertiary/aromatic N) is 2. The van der Waals surface area contributed by atoms with Crippen molar-refractivity contribution in [1.82, 2.24) is 15.8 Å². The maximum Gasteiger partial charge on any atom is 0.191 e. The van der Waals surface area contributed by atoms with Crippen molar-refractivity contribution in [2.75, 3.05) is 27.3 Å². The highest BCUT2D eigenvalue weighted by Crippen LogP contribution is 2.24. The van der Waals surface area contributed by atoms with Crippen LogP contribution in [-0.2, 0) is 13.0 Å². The Balaban J connectivity index is 0.00000450. The molecule has 168 valence electrons. The normalized spacial score (nSPS) is 11.2. The first-order chi connectivity index (χ1) is 14.1. The number of nitrogens with one attached hydrogen (secondary N) is 2. The summed E-state index contributed by atoms with van der Waals surface area (Å²) in [6.07, 6.45) is 2.90. The molecule has 0 aliphatic carbocycles. The van der Waals surface area contributed by atoms with Gasteiger partial charge in [0.2, 0.25) is 0 Å². The molecule has 0 aliphatic rings. The van der Waals surface area contributed by atoms with Crippen molar-refractivity contribution in [3.05, 3.63) is 41.3 Å². The number of aliphatic imine (C=N–C) groups is 1. The van der Waals surface area contributed by atoms with Gasteiger partial charge in [-0.1, -0.05) is 19.0 Å². The summed E-state index contributed by atoms with van der Waals surface area (Å²) in [7, 11) is 3.34. The van der Waals surface area contributed by atoms with Gasteiger partial charge in [-0.15, -0.1) is 24.0 Å². The fraction of sp³-hybridized carbons (Fsp3) is 0.545. The molecule has 2 N–H and O–H groups in total. The average molecular weight is 530 g/mol. The molecule has 30 heavy (non-hydrogen) atoms. The first kappa shape index (κ1) is 26.1. The minimum absolute atomic E-state index is 0. The van der Waals surface area contributed by atoms with E-state index in [1.807, 2.05) is 31.2 Å². The summed E-state index contributed by atoms with van der Waals surface area (Å²) < 4.78 is 16.2. The number of hydrogen-bond acceptors (Lipinski definition) is 5. The standard InChI is InChI=1S/C22H34N4O3.HI/c1-6-16(7-2)20-14-19(29-26-20)15-25-22(23-8-3)24-12-11-17-13-18(27-4)9-10-21(17)28-5;/h9-10,13-14,16H,6-8,11-12,15H2,1-5H3,(H2,23,24,25);1H. The molecule has 1 heterocycles. The molecular formula is C22H35IN4O3. The molecule has 0 radical (unpaired) electrons. The van der Waals surface area contributed by atoms with E-state index in [1.54, 1.807) is 14.2 Å². The molecule has 0 unspecified atom stereocenters. The lowest BCUT2D eigenvalue weighted by molar-refractivity contribution is 0.372. The van der Waals surface area contributed by atoms with Gasteiger partial charge in [0.1, 0.15) is 18.0 Å². The number of aromatic nitrogens is 1. The molecule has 1 aromatic heterocycles. The number of guanidine groups is 1. The Morgan fingerprint density at radius 1 is 1.10 bits per heavy atom. The molecule has 2 rings (SSSR count). The quantitative estimate of drug-likeness (QED) is 0.253. The lowest BCUT2D eigenvalue weighted by atomic mass is 9.99. The Morgan fingerprint density at radius 2 is 1.87 bits per heavy atom. The van der Waals surface area contributed by atoms with Crippen LogP contribution in [0, 0.1) is 0 Å². The average Bonchev–Trinajstić information content (AvgIpc) is 3.21. The Morgan fingerprint density at radius 3 is 2.50 bits per heavy atom. The van der Waals surface area contributed by atoms with E-state index < -0.39 is 0 Å². The lowest BCUT2D eigenvalue weighted by Gasteiger charge is -2.13. The van der Waals surface area contributed by atoms with Gasteiger partial charge in [-0.2, -0.15) is 0 Å². The first-order valence-electron chi connectivity index (χ1n) is 10.3. The van der Waals surface area contributed by atoms with E-state index in [2.05, 4.69) is 34.6 Å². The van der Waals surface area contributed by atoms with Gasteiger partial charge >= 0.3 is 0 Å². The van der Waals surface area contributed by atoms with Crippen LogP contribution in [0.2, 0.25) is 0 Å². The topological polar surface area (TPSA) is 80.9 Å². The molecule has 0 amide bonds. The number of benzene rings is 1. The molecule has 0 saturated carbocycles. The Labute approximate surface area is 197 Å². The van der Waals surface area contributed by atoms with E-state index in [4.69, 9.17) is 14.0 Å². The number of halogens is 1. The van der Waals surface area contributed by atoms with Crippen molar-refractivity contribution < 1.29 is 14.0 Å². The predicted molar refractivity (Wildman–Crippen MR) is 131 cm³/mol. The Bertz CT molecular complexity index is 775. The van der Waals surface area contributed by atoms with Crippen molar-refractivity contribution in [3.8, 4) is 11.5 Å². The van der Waals surface area contributed by atoms with Crippen molar-refractivity contribution in [2.24, 2.45) is 4.99 Å². The molecule has 1 aromatic carbocycles. The molecule has 7 nitrogen and oxygen atoms in total. The highest BCUT2D eigenvalue weighted by atomic mass is 127. The molecular weight excluding hydrogens is 495 g/mol. The zero-order valence-electron chi connectivity index (χ0n) is 18.7. The molecule has 8 heteroatoms. The highest BCUT2D eigenvalue weighted by Gasteiger charge is 2.13. The Kier molecular flexibility index (Phi) is 12.3. The second kappa shape index (κ2) is 14.1. The van der Waals surface area contributed by atoms with E-state index in [-0.39, 0.29) is 24.0 Å². The number of methoxy groups -OCH3 is 2. The van der Waals surface area contributed by atoms with Crippen LogP contribution >= 0.6 is 24.0 Å². The maximum absolute atomic E-state index is 5.46. The van der Waals surface area contributed by atoms with E-state index in [0.717, 1.165) is 60.3 Å². The van der Waals surface area contributed by atoms with Gasteiger partial charge in [0, 0.05) is 25.1 Å². The highest BCUT2D eigenvalue weighted by molar-refractivity contribution is 14.0. The predicted octanol–water partition coefficient (Wildman–Crippen LogP) is 4.51. The van der Waals surface area contributed by atoms with Crippen LogP contribution in [0.4, 0.5) is 0 Å². The van der Waals surface area contributed by atoms with Crippen molar-refractivity contribution in [3.63, 3.8) is 0 Å². The monoisotopic (exact) mass is 530 g/mol. The summed E-state index contributed by atoms with van der Waals surface area (Å²) in [4.78, 5) is 4.62. The molecule has 0 saturated heterocycles. The zero-order chi connectivity index (χ0) is 21.1. The van der Waals surface area contributed by atoms with Crippen molar-refractivity contribution in [1.29, 1.82) is 0 Å². The van der Waals surface area contributed by atoms with Crippen LogP contribution in [0.5, 0.6) is 11.5 Å². The number of hydrogen-bond donors (Lipinski definition) is 2. The van der Waals surface area contributed by atoms with Crippen LogP contribution in [-0.4, -0.2) is 38.4 Å². The SMILES string of the molecule is CCNC(=NCc1cc(C(CC)CC)no1)NCCc1cc(OC)ccc1OC.I. The van der Waals surface area contributed by atoms with Gasteiger partial charge in [-0.25, -0.2) is 4.99 Å². The van der Waals surface area contributed by atoms with Gasteiger partial charge < -0.3 is 24.6 Å². The summed E-state index contributed by atoms with van der Waals surface area (Å²) in [5.74, 6) is 3.64. The van der Waals surface area contributed by atoms with Crippen molar-refractivity contribution >= 4 is 29.9 Å². The molecule has 0 spiro atoms. The Hall–Kier alpha value is -1.97. The fourth-order valence-corrected chi connectivity index (χ4v) is 3.19. The van der Waals surface area contributed by atoms with Gasteiger partial charge in [0.05, 0.1) is 19.9 Å². The van der Waals surface area contributed by atoms with E-state index in [9.17, 15) is 0 Å². The summed E-state index contributed by atoms with van der Waals surface area (Å²) in [5, 5.41) is 10.8. The van der Waals surface area contributed by atoms with Crippen LogP contribution in [0.1, 0.15) is 56.5 Å². The van der Waals surface area contributed by atoms with Crippen LogP contribution < -0.4 is 20.1 Å². The third-order valence-corrected chi connectivity index (χ3v) is 4.89. The van der Waals surface area contributed by atoms with Crippen LogP contribution in [0.25, 0.3) is 0 Å². The second-order valence-corrected chi connectivity index (χ2v) is 6.78. The maximum atomic E-state index is 5.46. The summed E-state index contributed by atoms with van der Waals surface area (Å²) in [6, 6.07) is 7.84. The minimum atomic E-state index is 0. The molecule has 0 aliphatic heterocycles. The van der Waals surface area contributed by atoms with Crippen molar-refractivity contribution in [2.45, 2.75) is 52.5 Å². The van der Waals surface area contributed by atoms with E-state index in [1.165, 1.54) is 0 Å². The van der Waals surface area contributed by atoms with Gasteiger partial charge in [-0.3, -0.25) is 0 Å².